The number of hydrogen-bond donors (Lipinski definition) is 2. The van der Waals surface area contributed by atoms with Gasteiger partial charge in [-0.25, -0.2) is 0 Å². The Bertz CT molecular complexity index is 239. The molecule has 4 heteroatoms. The smallest absolute Gasteiger partial charge is 0.243 e. The van der Waals surface area contributed by atoms with Crippen molar-refractivity contribution in [2.75, 3.05) is 0 Å². The Morgan fingerprint density at radius 3 is 2.00 bits per heavy atom. The van der Waals surface area contributed by atoms with Crippen molar-refractivity contribution in [2.24, 2.45) is 5.73 Å². The Morgan fingerprint density at radius 2 is 1.75 bits per heavy atom. The molecule has 16 heavy (non-hydrogen) atoms. The van der Waals surface area contributed by atoms with E-state index in [2.05, 4.69) is 25.7 Å². The molecular formula is C12H25ClN2O. The lowest BCUT2D eigenvalue weighted by Crippen LogP contribution is -2.66. The highest BCUT2D eigenvalue weighted by atomic mass is 35.5. The predicted octanol–water partition coefficient (Wildman–Crippen LogP) is 2.40. The van der Waals surface area contributed by atoms with Gasteiger partial charge in [-0.1, -0.05) is 27.4 Å². The lowest BCUT2D eigenvalue weighted by Gasteiger charge is -2.45. The van der Waals surface area contributed by atoms with Gasteiger partial charge in [0.2, 0.25) is 5.91 Å². The van der Waals surface area contributed by atoms with Gasteiger partial charge in [-0.15, -0.1) is 12.4 Å². The van der Waals surface area contributed by atoms with Crippen molar-refractivity contribution in [2.45, 2.75) is 58.0 Å². The summed E-state index contributed by atoms with van der Waals surface area (Å²) in [5.74, 6) is -0.156. The van der Waals surface area contributed by atoms with E-state index < -0.39 is 0 Å². The van der Waals surface area contributed by atoms with Gasteiger partial charge < -0.3 is 11.1 Å². The summed E-state index contributed by atoms with van der Waals surface area (Å²) in [6.07, 6.45) is 3.78. The maximum atomic E-state index is 11.4. The number of hydrogen-bond acceptors (Lipinski definition) is 2. The van der Waals surface area contributed by atoms with E-state index in [0.29, 0.717) is 0 Å². The van der Waals surface area contributed by atoms with Crippen molar-refractivity contribution in [1.29, 1.82) is 0 Å². The van der Waals surface area contributed by atoms with E-state index in [0.717, 1.165) is 19.3 Å². The summed E-state index contributed by atoms with van der Waals surface area (Å²) in [6.45, 7) is 11.6. The van der Waals surface area contributed by atoms with E-state index in [1.54, 1.807) is 0 Å². The highest BCUT2D eigenvalue weighted by Gasteiger charge is 2.41. The van der Waals surface area contributed by atoms with Crippen LogP contribution in [0.1, 0.15) is 47.0 Å². The fourth-order valence-corrected chi connectivity index (χ4v) is 1.92. The Morgan fingerprint density at radius 1 is 1.31 bits per heavy atom. The van der Waals surface area contributed by atoms with Crippen LogP contribution in [0.2, 0.25) is 0 Å². The zero-order chi connectivity index (χ0) is 12.1. The largest absolute Gasteiger partial charge is 0.346 e. The highest BCUT2D eigenvalue weighted by Crippen LogP contribution is 2.29. The van der Waals surface area contributed by atoms with E-state index in [4.69, 9.17) is 5.73 Å². The summed E-state index contributed by atoms with van der Waals surface area (Å²) < 4.78 is 0. The van der Waals surface area contributed by atoms with Gasteiger partial charge in [0.15, 0.2) is 0 Å². The van der Waals surface area contributed by atoms with Gasteiger partial charge in [-0.2, -0.15) is 0 Å². The van der Waals surface area contributed by atoms with Gasteiger partial charge in [-0.3, -0.25) is 4.79 Å². The molecule has 0 rings (SSSR count). The molecule has 0 saturated carbocycles. The Kier molecular flexibility index (Phi) is 7.71. The third kappa shape index (κ3) is 3.49. The van der Waals surface area contributed by atoms with E-state index in [9.17, 15) is 4.79 Å². The fourth-order valence-electron chi connectivity index (χ4n) is 1.92. The fraction of sp³-hybridized carbons (Fsp3) is 0.750. The van der Waals surface area contributed by atoms with Crippen molar-refractivity contribution in [3.63, 3.8) is 0 Å². The van der Waals surface area contributed by atoms with Crippen LogP contribution >= 0.6 is 12.4 Å². The van der Waals surface area contributed by atoms with E-state index in [1.807, 2.05) is 13.8 Å². The zero-order valence-corrected chi connectivity index (χ0v) is 11.6. The average molecular weight is 249 g/mol. The van der Waals surface area contributed by atoms with Crippen LogP contribution in [0, 0.1) is 0 Å². The summed E-state index contributed by atoms with van der Waals surface area (Å²) in [4.78, 5) is 11.4. The average Bonchev–Trinajstić information content (AvgIpc) is 2.27. The number of nitrogens with one attached hydrogen (secondary N) is 1. The van der Waals surface area contributed by atoms with Crippen LogP contribution < -0.4 is 11.1 Å². The monoisotopic (exact) mass is 248 g/mol. The third-order valence-electron chi connectivity index (χ3n) is 3.65. The van der Waals surface area contributed by atoms with E-state index >= 15 is 0 Å². The first-order valence-corrected chi connectivity index (χ1v) is 5.62. The van der Waals surface area contributed by atoms with Crippen LogP contribution in [-0.4, -0.2) is 17.0 Å². The Labute approximate surface area is 105 Å². The molecule has 3 N–H and O–H groups in total. The summed E-state index contributed by atoms with van der Waals surface area (Å²) >= 11 is 0. The number of carbonyl (C=O) groups is 1. The predicted molar refractivity (Wildman–Crippen MR) is 71.8 cm³/mol. The van der Waals surface area contributed by atoms with Crippen LogP contribution in [-0.2, 0) is 4.79 Å². The number of nitrogens with two attached hydrogens (primary N) is 1. The zero-order valence-electron chi connectivity index (χ0n) is 10.8. The molecule has 0 saturated heterocycles. The van der Waals surface area contributed by atoms with Crippen LogP contribution in [0.15, 0.2) is 12.7 Å². The molecule has 0 spiro atoms. The second-order valence-corrected chi connectivity index (χ2v) is 4.24. The van der Waals surface area contributed by atoms with Gasteiger partial charge >= 0.3 is 0 Å². The summed E-state index contributed by atoms with van der Waals surface area (Å²) in [5, 5.41) is 2.95. The van der Waals surface area contributed by atoms with Crippen molar-refractivity contribution < 1.29 is 4.79 Å². The highest BCUT2D eigenvalue weighted by molar-refractivity contribution is 5.87. The number of carbonyl (C=O) groups excluding carboxylic acids is 1. The molecule has 0 aliphatic heterocycles. The molecule has 1 unspecified atom stereocenters. The molecule has 0 aliphatic rings. The normalized spacial score (nSPS) is 14.6. The quantitative estimate of drug-likeness (QED) is 0.710. The lowest BCUT2D eigenvalue weighted by molar-refractivity contribution is -0.119. The molecule has 0 aromatic carbocycles. The number of halogens is 1. The van der Waals surface area contributed by atoms with Gasteiger partial charge in [0.1, 0.15) is 0 Å². The van der Waals surface area contributed by atoms with Crippen molar-refractivity contribution in [3.8, 4) is 0 Å². The van der Waals surface area contributed by atoms with E-state index in [-0.39, 0.29) is 29.4 Å². The molecule has 0 aromatic heterocycles. The number of rotatable bonds is 6. The van der Waals surface area contributed by atoms with Crippen LogP contribution in [0.25, 0.3) is 0 Å². The standard InChI is InChI=1S/C12H24N2O.ClH/c1-6-10(15)14-11(5,7-2)12(13,8-3)9-4;/h6H,1,7-9,13H2,2-5H3,(H,14,15);1H. The minimum Gasteiger partial charge on any atom is -0.346 e. The molecule has 1 atom stereocenters. The second-order valence-electron chi connectivity index (χ2n) is 4.24. The molecule has 96 valence electrons. The van der Waals surface area contributed by atoms with Gasteiger partial charge in [0, 0.05) is 5.54 Å². The van der Waals surface area contributed by atoms with Crippen molar-refractivity contribution in [1.82, 2.24) is 5.32 Å². The van der Waals surface area contributed by atoms with Crippen LogP contribution in [0.4, 0.5) is 0 Å². The van der Waals surface area contributed by atoms with Crippen molar-refractivity contribution in [3.05, 3.63) is 12.7 Å². The molecule has 3 nitrogen and oxygen atoms in total. The topological polar surface area (TPSA) is 55.1 Å². The molecule has 0 aromatic rings. The van der Waals surface area contributed by atoms with Gasteiger partial charge in [-0.05, 0) is 32.3 Å². The minimum absolute atomic E-state index is 0. The molecule has 0 radical (unpaired) electrons. The summed E-state index contributed by atoms with van der Waals surface area (Å²) in [5.41, 5.74) is 5.61. The van der Waals surface area contributed by atoms with E-state index in [1.165, 1.54) is 6.08 Å². The SMILES string of the molecule is C=CC(=O)NC(C)(CC)C(N)(CC)CC.Cl. The minimum atomic E-state index is -0.373. The maximum absolute atomic E-state index is 11.4. The van der Waals surface area contributed by atoms with Gasteiger partial charge in [0.25, 0.3) is 0 Å². The first-order valence-electron chi connectivity index (χ1n) is 5.62. The third-order valence-corrected chi connectivity index (χ3v) is 3.65. The first-order chi connectivity index (χ1) is 6.89. The molecule has 1 amide bonds. The molecule has 0 heterocycles. The van der Waals surface area contributed by atoms with Gasteiger partial charge in [0.05, 0.1) is 5.54 Å². The summed E-state index contributed by atoms with van der Waals surface area (Å²) in [7, 11) is 0. The number of amides is 1. The van der Waals surface area contributed by atoms with Crippen LogP contribution in [0.3, 0.4) is 0 Å². The summed E-state index contributed by atoms with van der Waals surface area (Å²) in [6, 6.07) is 0. The second kappa shape index (κ2) is 6.92. The maximum Gasteiger partial charge on any atom is 0.243 e. The molecular weight excluding hydrogens is 224 g/mol. The molecule has 0 fully saturated rings. The molecule has 0 aliphatic carbocycles. The lowest BCUT2D eigenvalue weighted by atomic mass is 9.73. The Balaban J connectivity index is 0. The molecule has 0 bridgehead atoms. The first kappa shape index (κ1) is 17.8. The van der Waals surface area contributed by atoms with Crippen molar-refractivity contribution >= 4 is 18.3 Å². The van der Waals surface area contributed by atoms with Crippen LogP contribution in [0.5, 0.6) is 0 Å². The Hall–Kier alpha value is -0.540.